The third-order valence-corrected chi connectivity index (χ3v) is 2.95. The Bertz CT molecular complexity index is 430. The van der Waals surface area contributed by atoms with Crippen molar-refractivity contribution in [2.24, 2.45) is 5.84 Å². The number of benzene rings is 1. The molecule has 0 unspecified atom stereocenters. The largest absolute Gasteiger partial charge is 0.496 e. The molecule has 1 rings (SSSR count). The van der Waals surface area contributed by atoms with E-state index in [1.54, 1.807) is 7.11 Å². The summed E-state index contributed by atoms with van der Waals surface area (Å²) < 4.78 is 10.6. The van der Waals surface area contributed by atoms with Gasteiger partial charge in [0.2, 0.25) is 0 Å². The predicted molar refractivity (Wildman–Crippen MR) is 69.1 cm³/mol. The maximum atomic E-state index is 11.2. The Labute approximate surface area is 107 Å². The minimum Gasteiger partial charge on any atom is -0.496 e. The Balaban J connectivity index is 2.64. The lowest BCUT2D eigenvalue weighted by atomic mass is 10.0. The lowest BCUT2D eigenvalue weighted by Gasteiger charge is -2.14. The summed E-state index contributed by atoms with van der Waals surface area (Å²) in [6, 6.07) is 3.84. The molecule has 0 heterocycles. The average molecular weight is 252 g/mol. The highest BCUT2D eigenvalue weighted by molar-refractivity contribution is 5.76. The van der Waals surface area contributed by atoms with E-state index < -0.39 is 0 Å². The van der Waals surface area contributed by atoms with E-state index in [1.165, 1.54) is 7.05 Å². The fourth-order valence-corrected chi connectivity index (χ4v) is 1.58. The van der Waals surface area contributed by atoms with Crippen LogP contribution in [0.25, 0.3) is 0 Å². The molecular weight excluding hydrogens is 232 g/mol. The Kier molecular flexibility index (Phi) is 5.12. The van der Waals surface area contributed by atoms with Gasteiger partial charge in [0.1, 0.15) is 12.4 Å². The second-order valence-electron chi connectivity index (χ2n) is 4.17. The minimum absolute atomic E-state index is 0.0164. The maximum absolute atomic E-state index is 11.2. The van der Waals surface area contributed by atoms with Crippen molar-refractivity contribution in [1.82, 2.24) is 5.01 Å². The van der Waals surface area contributed by atoms with Crippen LogP contribution in [0.2, 0.25) is 0 Å². The lowest BCUT2D eigenvalue weighted by molar-refractivity contribution is -0.135. The molecule has 18 heavy (non-hydrogen) atoms. The van der Waals surface area contributed by atoms with Gasteiger partial charge in [-0.3, -0.25) is 9.80 Å². The molecule has 5 nitrogen and oxygen atoms in total. The van der Waals surface area contributed by atoms with Crippen LogP contribution in [-0.4, -0.2) is 31.7 Å². The van der Waals surface area contributed by atoms with Gasteiger partial charge in [0, 0.05) is 7.05 Å². The zero-order chi connectivity index (χ0) is 13.7. The van der Waals surface area contributed by atoms with Crippen molar-refractivity contribution in [1.29, 1.82) is 0 Å². The first kappa shape index (κ1) is 14.5. The molecule has 0 saturated heterocycles. The predicted octanol–water partition coefficient (Wildman–Crippen LogP) is 1.16. The summed E-state index contributed by atoms with van der Waals surface area (Å²) >= 11 is 0. The van der Waals surface area contributed by atoms with Gasteiger partial charge in [-0.05, 0) is 36.6 Å². The van der Waals surface area contributed by atoms with Crippen LogP contribution in [0.1, 0.15) is 16.7 Å². The molecule has 0 bridgehead atoms. The monoisotopic (exact) mass is 252 g/mol. The number of carbonyl (C=O) groups is 1. The third-order valence-electron chi connectivity index (χ3n) is 2.95. The van der Waals surface area contributed by atoms with Crippen LogP contribution >= 0.6 is 0 Å². The van der Waals surface area contributed by atoms with Crippen molar-refractivity contribution in [2.75, 3.05) is 20.8 Å². The Morgan fingerprint density at radius 3 is 2.56 bits per heavy atom. The first-order valence-electron chi connectivity index (χ1n) is 5.69. The molecule has 0 radical (unpaired) electrons. The van der Waals surface area contributed by atoms with Crippen molar-refractivity contribution < 1.29 is 14.3 Å². The van der Waals surface area contributed by atoms with Gasteiger partial charge in [-0.25, -0.2) is 5.84 Å². The fourth-order valence-electron chi connectivity index (χ4n) is 1.58. The Morgan fingerprint density at radius 1 is 1.33 bits per heavy atom. The highest BCUT2D eigenvalue weighted by Gasteiger charge is 2.08. The van der Waals surface area contributed by atoms with Crippen LogP contribution in [-0.2, 0) is 16.1 Å². The summed E-state index contributed by atoms with van der Waals surface area (Å²) in [5.74, 6) is 5.90. The van der Waals surface area contributed by atoms with Crippen LogP contribution in [0.4, 0.5) is 0 Å². The van der Waals surface area contributed by atoms with Gasteiger partial charge in [-0.1, -0.05) is 6.07 Å². The van der Waals surface area contributed by atoms with Gasteiger partial charge in [-0.15, -0.1) is 0 Å². The fraction of sp³-hybridized carbons (Fsp3) is 0.462. The first-order valence-corrected chi connectivity index (χ1v) is 5.69. The molecule has 2 N–H and O–H groups in total. The second-order valence-corrected chi connectivity index (χ2v) is 4.17. The Morgan fingerprint density at radius 2 is 2.00 bits per heavy atom. The smallest absolute Gasteiger partial charge is 0.262 e. The number of carbonyl (C=O) groups excluding carboxylic acids is 1. The van der Waals surface area contributed by atoms with Crippen molar-refractivity contribution in [3.8, 4) is 5.75 Å². The number of nitrogens with zero attached hydrogens (tertiary/aromatic N) is 1. The van der Waals surface area contributed by atoms with Gasteiger partial charge < -0.3 is 9.47 Å². The van der Waals surface area contributed by atoms with Crippen LogP contribution in [0.3, 0.4) is 0 Å². The van der Waals surface area contributed by atoms with Crippen molar-refractivity contribution in [3.63, 3.8) is 0 Å². The van der Waals surface area contributed by atoms with Crippen LogP contribution < -0.4 is 10.6 Å². The van der Waals surface area contributed by atoms with Crippen molar-refractivity contribution in [2.45, 2.75) is 20.5 Å². The molecular formula is C13H20N2O3. The number of hydrogen-bond acceptors (Lipinski definition) is 4. The molecule has 0 atom stereocenters. The summed E-state index contributed by atoms with van der Waals surface area (Å²) in [6.07, 6.45) is 0. The van der Waals surface area contributed by atoms with Gasteiger partial charge in [0.25, 0.3) is 5.91 Å². The van der Waals surface area contributed by atoms with Gasteiger partial charge >= 0.3 is 0 Å². The SMILES string of the molecule is COc1ccc(COCC(=O)N(C)N)c(C)c1C. The summed E-state index contributed by atoms with van der Waals surface area (Å²) in [5, 5.41) is 1.02. The molecule has 0 aliphatic rings. The van der Waals surface area contributed by atoms with E-state index in [9.17, 15) is 4.79 Å². The minimum atomic E-state index is -0.252. The van der Waals surface area contributed by atoms with E-state index in [2.05, 4.69) is 0 Å². The van der Waals surface area contributed by atoms with E-state index in [0.717, 1.165) is 27.4 Å². The van der Waals surface area contributed by atoms with Crippen LogP contribution in [0.5, 0.6) is 5.75 Å². The van der Waals surface area contributed by atoms with E-state index in [0.29, 0.717) is 6.61 Å². The molecule has 0 saturated carbocycles. The molecule has 1 aromatic carbocycles. The number of rotatable bonds is 5. The van der Waals surface area contributed by atoms with Crippen LogP contribution in [0, 0.1) is 13.8 Å². The summed E-state index contributed by atoms with van der Waals surface area (Å²) in [6.45, 7) is 4.37. The molecule has 0 aliphatic heterocycles. The zero-order valence-electron chi connectivity index (χ0n) is 11.3. The van der Waals surface area contributed by atoms with Crippen LogP contribution in [0.15, 0.2) is 12.1 Å². The summed E-state index contributed by atoms with van der Waals surface area (Å²) in [7, 11) is 3.14. The van der Waals surface area contributed by atoms with E-state index >= 15 is 0 Å². The van der Waals surface area contributed by atoms with Crippen molar-refractivity contribution in [3.05, 3.63) is 28.8 Å². The van der Waals surface area contributed by atoms with Gasteiger partial charge in [0.15, 0.2) is 0 Å². The number of nitrogens with two attached hydrogens (primary N) is 1. The summed E-state index contributed by atoms with van der Waals surface area (Å²) in [4.78, 5) is 11.2. The van der Waals surface area contributed by atoms with Gasteiger partial charge in [0.05, 0.1) is 13.7 Å². The zero-order valence-corrected chi connectivity index (χ0v) is 11.3. The molecule has 1 amide bonds. The standard InChI is InChI=1S/C13H20N2O3/c1-9-10(2)12(17-4)6-5-11(9)7-18-8-13(16)15(3)14/h5-6H,7-8,14H2,1-4H3. The lowest BCUT2D eigenvalue weighted by Crippen LogP contribution is -2.35. The average Bonchev–Trinajstić information content (AvgIpc) is 2.34. The number of likely N-dealkylation sites (N-methyl/N-ethyl adjacent to an activating group) is 1. The Hall–Kier alpha value is -1.59. The number of hydrazine groups is 1. The van der Waals surface area contributed by atoms with E-state index in [4.69, 9.17) is 15.3 Å². The normalized spacial score (nSPS) is 10.3. The quantitative estimate of drug-likeness (QED) is 0.485. The second kappa shape index (κ2) is 6.37. The molecule has 0 aromatic heterocycles. The highest BCUT2D eigenvalue weighted by Crippen LogP contribution is 2.24. The molecule has 100 valence electrons. The molecule has 0 fully saturated rings. The number of amides is 1. The topological polar surface area (TPSA) is 64.8 Å². The molecule has 5 heteroatoms. The molecule has 0 aliphatic carbocycles. The number of methoxy groups -OCH3 is 1. The van der Waals surface area contributed by atoms with E-state index in [-0.39, 0.29) is 12.5 Å². The van der Waals surface area contributed by atoms with Crippen molar-refractivity contribution >= 4 is 5.91 Å². The number of ether oxygens (including phenoxy) is 2. The van der Waals surface area contributed by atoms with Gasteiger partial charge in [-0.2, -0.15) is 0 Å². The number of hydrogen-bond donors (Lipinski definition) is 1. The highest BCUT2D eigenvalue weighted by atomic mass is 16.5. The maximum Gasteiger partial charge on any atom is 0.262 e. The first-order chi connectivity index (χ1) is 8.47. The molecule has 0 spiro atoms. The molecule has 1 aromatic rings. The third kappa shape index (κ3) is 3.45. The summed E-state index contributed by atoms with van der Waals surface area (Å²) in [5.41, 5.74) is 3.24. The van der Waals surface area contributed by atoms with E-state index in [1.807, 2.05) is 26.0 Å².